The fourth-order valence-corrected chi connectivity index (χ4v) is 10.4. The van der Waals surface area contributed by atoms with Gasteiger partial charge in [-0.1, -0.05) is 137 Å². The van der Waals surface area contributed by atoms with E-state index in [1.165, 1.54) is 59.5 Å². The summed E-state index contributed by atoms with van der Waals surface area (Å²) in [4.78, 5) is 15.6. The summed E-state index contributed by atoms with van der Waals surface area (Å²) in [7, 11) is 0. The molecule has 0 saturated carbocycles. The third-order valence-corrected chi connectivity index (χ3v) is 13.5. The number of fused-ring (bicyclic) bond motifs is 9. The van der Waals surface area contributed by atoms with Crippen molar-refractivity contribution in [2.45, 2.75) is 51.4 Å². The third kappa shape index (κ3) is 5.00. The molecule has 3 heterocycles. The first-order valence-corrected chi connectivity index (χ1v) is 20.4. The van der Waals surface area contributed by atoms with Gasteiger partial charge in [0.1, 0.15) is 0 Å². The predicted octanol–water partition coefficient (Wildman–Crippen LogP) is 13.8. The Labute approximate surface area is 330 Å². The van der Waals surface area contributed by atoms with E-state index in [-0.39, 0.29) is 10.8 Å². The number of nitrogens with zero attached hydrogens (tertiary/aromatic N) is 4. The highest BCUT2D eigenvalue weighted by atomic mass is 32.1. The second-order valence-electron chi connectivity index (χ2n) is 16.7. The molecule has 270 valence electrons. The molecule has 56 heavy (non-hydrogen) atoms. The Hall–Kier alpha value is -6.17. The lowest BCUT2D eigenvalue weighted by Gasteiger charge is -2.42. The molecular weight excluding hydrogens is 701 g/mol. The fraction of sp³-hybridized carbons (Fsp3) is 0.157. The van der Waals surface area contributed by atoms with Crippen molar-refractivity contribution >= 4 is 64.1 Å². The molecule has 0 unspecified atom stereocenters. The molecular formula is C51H40N4S. The molecule has 0 spiro atoms. The monoisotopic (exact) mass is 740 g/mol. The molecule has 0 saturated heterocycles. The van der Waals surface area contributed by atoms with Gasteiger partial charge in [0, 0.05) is 53.0 Å². The number of hydrogen-bond acceptors (Lipinski definition) is 4. The molecule has 0 aliphatic heterocycles. The zero-order chi connectivity index (χ0) is 37.8. The number of rotatable bonds is 4. The predicted molar refractivity (Wildman–Crippen MR) is 236 cm³/mol. The molecule has 10 aromatic rings. The summed E-state index contributed by atoms with van der Waals surface area (Å²) in [6, 6.07) is 52.5. The average Bonchev–Trinajstić information content (AvgIpc) is 3.77. The van der Waals surface area contributed by atoms with Gasteiger partial charge >= 0.3 is 0 Å². The molecule has 1 aliphatic rings. The Morgan fingerprint density at radius 1 is 0.482 bits per heavy atom. The smallest absolute Gasteiger partial charge is 0.164 e. The fourth-order valence-electron chi connectivity index (χ4n) is 9.33. The maximum atomic E-state index is 5.28. The van der Waals surface area contributed by atoms with Crippen molar-refractivity contribution in [2.75, 3.05) is 0 Å². The van der Waals surface area contributed by atoms with Gasteiger partial charge in [-0.3, -0.25) is 0 Å². The largest absolute Gasteiger partial charge is 0.308 e. The normalized spacial score (nSPS) is 14.9. The van der Waals surface area contributed by atoms with E-state index < -0.39 is 0 Å². The molecule has 0 bridgehead atoms. The van der Waals surface area contributed by atoms with E-state index in [2.05, 4.69) is 160 Å². The standard InChI is InChI=1S/C51H40N4S/c1-50(2)28-29-51(3,4)45-40(50)26-25-37-35-16-8-10-21-41(35)55(46(37)45)42-22-13-18-33-34(42)19-12-20-38(33)49-53-47(31-14-6-5-7-15-31)52-48(54-49)32-24-27-44-39(30-32)36-17-9-11-23-43(36)56-44/h5-27,30H,28-29H2,1-4H3. The lowest BCUT2D eigenvalue weighted by molar-refractivity contribution is 0.334. The van der Waals surface area contributed by atoms with Gasteiger partial charge in [0.15, 0.2) is 17.5 Å². The average molecular weight is 741 g/mol. The molecule has 1 aliphatic carbocycles. The highest BCUT2D eigenvalue weighted by molar-refractivity contribution is 7.25. The Morgan fingerprint density at radius 2 is 1.14 bits per heavy atom. The van der Waals surface area contributed by atoms with Crippen molar-refractivity contribution in [1.82, 2.24) is 19.5 Å². The second-order valence-corrected chi connectivity index (χ2v) is 17.7. The van der Waals surface area contributed by atoms with Gasteiger partial charge in [0.05, 0.1) is 16.7 Å². The maximum Gasteiger partial charge on any atom is 0.164 e. The minimum Gasteiger partial charge on any atom is -0.308 e. The Morgan fingerprint density at radius 3 is 2.00 bits per heavy atom. The SMILES string of the molecule is CC1(C)CCC(C)(C)c2c1ccc1c3ccccc3n(-c3cccc4c(-c5nc(-c6ccccc6)nc(-c6ccc7sc8ccccc8c7c6)n5)cccc34)c21. The highest BCUT2D eigenvalue weighted by Crippen LogP contribution is 2.51. The van der Waals surface area contributed by atoms with Crippen LogP contribution >= 0.6 is 11.3 Å². The number of benzene rings is 7. The number of hydrogen-bond donors (Lipinski definition) is 0. The van der Waals surface area contributed by atoms with E-state index in [4.69, 9.17) is 15.0 Å². The van der Waals surface area contributed by atoms with Crippen molar-refractivity contribution in [3.8, 4) is 39.9 Å². The minimum atomic E-state index is 0.0275. The summed E-state index contributed by atoms with van der Waals surface area (Å²) in [6.07, 6.45) is 2.32. The number of aromatic nitrogens is 4. The molecule has 0 N–H and O–H groups in total. The summed E-state index contributed by atoms with van der Waals surface area (Å²) >= 11 is 1.82. The van der Waals surface area contributed by atoms with Crippen LogP contribution in [0.2, 0.25) is 0 Å². The van der Waals surface area contributed by atoms with Crippen LogP contribution in [-0.2, 0) is 10.8 Å². The van der Waals surface area contributed by atoms with Gasteiger partial charge in [0.25, 0.3) is 0 Å². The molecule has 4 nitrogen and oxygen atoms in total. The summed E-state index contributed by atoms with van der Waals surface area (Å²) in [5, 5.41) is 7.34. The second kappa shape index (κ2) is 12.2. The first-order chi connectivity index (χ1) is 27.2. The van der Waals surface area contributed by atoms with Crippen molar-refractivity contribution in [3.63, 3.8) is 0 Å². The van der Waals surface area contributed by atoms with Crippen LogP contribution in [0, 0.1) is 0 Å². The van der Waals surface area contributed by atoms with Crippen molar-refractivity contribution < 1.29 is 0 Å². The first kappa shape index (κ1) is 33.2. The van der Waals surface area contributed by atoms with E-state index in [0.29, 0.717) is 17.5 Å². The van der Waals surface area contributed by atoms with Crippen molar-refractivity contribution in [2.24, 2.45) is 0 Å². The van der Waals surface area contributed by atoms with Crippen LogP contribution in [0.15, 0.2) is 146 Å². The van der Waals surface area contributed by atoms with E-state index in [0.717, 1.165) is 39.6 Å². The Balaban J connectivity index is 1.17. The topological polar surface area (TPSA) is 43.6 Å². The van der Waals surface area contributed by atoms with Gasteiger partial charge in [-0.15, -0.1) is 11.3 Å². The van der Waals surface area contributed by atoms with Crippen LogP contribution in [0.5, 0.6) is 0 Å². The third-order valence-electron chi connectivity index (χ3n) is 12.3. The Bertz CT molecular complexity index is 3200. The zero-order valence-corrected chi connectivity index (χ0v) is 32.8. The van der Waals surface area contributed by atoms with Crippen LogP contribution < -0.4 is 0 Å². The van der Waals surface area contributed by atoms with Gasteiger partial charge in [0.2, 0.25) is 0 Å². The molecule has 0 amide bonds. The molecule has 0 fully saturated rings. The van der Waals surface area contributed by atoms with Gasteiger partial charge in [-0.25, -0.2) is 15.0 Å². The number of thiophene rings is 1. The van der Waals surface area contributed by atoms with Gasteiger partial charge < -0.3 is 4.57 Å². The van der Waals surface area contributed by atoms with Crippen LogP contribution in [0.3, 0.4) is 0 Å². The van der Waals surface area contributed by atoms with Gasteiger partial charge in [-0.2, -0.15) is 0 Å². The molecule has 5 heteroatoms. The molecule has 3 aromatic heterocycles. The van der Waals surface area contributed by atoms with E-state index >= 15 is 0 Å². The molecule has 11 rings (SSSR count). The Kier molecular flexibility index (Phi) is 7.21. The van der Waals surface area contributed by atoms with Crippen LogP contribution in [-0.4, -0.2) is 19.5 Å². The quantitative estimate of drug-likeness (QED) is 0.180. The first-order valence-electron chi connectivity index (χ1n) is 19.6. The summed E-state index contributed by atoms with van der Waals surface area (Å²) in [6.45, 7) is 9.70. The van der Waals surface area contributed by atoms with Crippen LogP contribution in [0.4, 0.5) is 0 Å². The lowest BCUT2D eigenvalue weighted by Crippen LogP contribution is -2.34. The van der Waals surface area contributed by atoms with Crippen molar-refractivity contribution in [3.05, 3.63) is 157 Å². The summed E-state index contributed by atoms with van der Waals surface area (Å²) in [5.41, 5.74) is 9.69. The highest BCUT2D eigenvalue weighted by Gasteiger charge is 2.39. The minimum absolute atomic E-state index is 0.0275. The lowest BCUT2D eigenvalue weighted by atomic mass is 9.62. The zero-order valence-electron chi connectivity index (χ0n) is 32.0. The van der Waals surface area contributed by atoms with Crippen molar-refractivity contribution in [1.29, 1.82) is 0 Å². The van der Waals surface area contributed by atoms with Crippen LogP contribution in [0.25, 0.3) is 92.6 Å². The molecule has 7 aromatic carbocycles. The molecule has 0 atom stereocenters. The van der Waals surface area contributed by atoms with E-state index in [1.807, 2.05) is 29.5 Å². The molecule has 0 radical (unpaired) electrons. The van der Waals surface area contributed by atoms with Crippen LogP contribution in [0.1, 0.15) is 51.7 Å². The van der Waals surface area contributed by atoms with Gasteiger partial charge in [-0.05, 0) is 76.6 Å². The van der Waals surface area contributed by atoms with E-state index in [9.17, 15) is 0 Å². The van der Waals surface area contributed by atoms with E-state index in [1.54, 1.807) is 0 Å². The summed E-state index contributed by atoms with van der Waals surface area (Å²) in [5.74, 6) is 1.99. The maximum absolute atomic E-state index is 5.28. The number of para-hydroxylation sites is 1. The summed E-state index contributed by atoms with van der Waals surface area (Å²) < 4.78 is 5.09.